The van der Waals surface area contributed by atoms with Crippen molar-refractivity contribution in [2.24, 2.45) is 5.92 Å². The zero-order chi connectivity index (χ0) is 14.5. The van der Waals surface area contributed by atoms with E-state index < -0.39 is 24.2 Å². The van der Waals surface area contributed by atoms with Gasteiger partial charge in [0.2, 0.25) is 11.0 Å². The van der Waals surface area contributed by atoms with Crippen molar-refractivity contribution in [1.29, 1.82) is 0 Å². The van der Waals surface area contributed by atoms with E-state index in [2.05, 4.69) is 19.7 Å². The molecule has 1 aliphatic carbocycles. The molecule has 9 heteroatoms. The lowest BCUT2D eigenvalue weighted by Crippen LogP contribution is -2.17. The minimum absolute atomic E-state index is 0.234. The van der Waals surface area contributed by atoms with E-state index in [1.54, 1.807) is 0 Å². The number of alkyl halides is 2. The summed E-state index contributed by atoms with van der Waals surface area (Å²) >= 11 is 2.43. The van der Waals surface area contributed by atoms with Crippen LogP contribution in [0, 0.1) is 19.8 Å². The molecule has 0 aromatic carbocycles. The van der Waals surface area contributed by atoms with Gasteiger partial charge in [-0.15, -0.1) is 11.3 Å². The fourth-order valence-electron chi connectivity index (χ4n) is 1.80. The van der Waals surface area contributed by atoms with Crippen molar-refractivity contribution < 1.29 is 13.6 Å². The van der Waals surface area contributed by atoms with Gasteiger partial charge in [-0.2, -0.15) is 9.36 Å². The number of amides is 1. The maximum atomic E-state index is 12.8. The Bertz CT molecular complexity index is 682. The number of halogens is 2. The summed E-state index contributed by atoms with van der Waals surface area (Å²) in [5, 5.41) is 3.52. The number of carbonyl (C=O) groups is 1. The van der Waals surface area contributed by atoms with E-state index in [-0.39, 0.29) is 5.13 Å². The fourth-order valence-corrected chi connectivity index (χ4v) is 3.29. The second kappa shape index (κ2) is 4.52. The summed E-state index contributed by atoms with van der Waals surface area (Å²) in [6.07, 6.45) is -0.391. The molecule has 20 heavy (non-hydrogen) atoms. The SMILES string of the molecule is Cc1nc(C)c(-c2nsc(NC(=O)C3CC3(F)F)n2)s1. The van der Waals surface area contributed by atoms with Gasteiger partial charge >= 0.3 is 0 Å². The van der Waals surface area contributed by atoms with Crippen LogP contribution in [0.2, 0.25) is 0 Å². The molecule has 0 aliphatic heterocycles. The number of thiazole rings is 1. The van der Waals surface area contributed by atoms with E-state index >= 15 is 0 Å². The molecular formula is C11H10F2N4OS2. The number of hydrogen-bond acceptors (Lipinski definition) is 6. The van der Waals surface area contributed by atoms with Crippen molar-refractivity contribution in [3.05, 3.63) is 10.7 Å². The van der Waals surface area contributed by atoms with Gasteiger partial charge in [-0.3, -0.25) is 4.79 Å². The first kappa shape index (κ1) is 13.5. The van der Waals surface area contributed by atoms with E-state index in [0.29, 0.717) is 5.82 Å². The zero-order valence-electron chi connectivity index (χ0n) is 10.6. The minimum atomic E-state index is -2.87. The predicted molar refractivity (Wildman–Crippen MR) is 72.2 cm³/mol. The molecule has 2 heterocycles. The van der Waals surface area contributed by atoms with Gasteiger partial charge in [0.05, 0.1) is 15.6 Å². The lowest BCUT2D eigenvalue weighted by atomic mass is 10.4. The van der Waals surface area contributed by atoms with Crippen LogP contribution in [-0.4, -0.2) is 26.2 Å². The smallest absolute Gasteiger partial charge is 0.260 e. The molecular weight excluding hydrogens is 306 g/mol. The highest BCUT2D eigenvalue weighted by Gasteiger charge is 2.61. The molecule has 1 atom stereocenters. The van der Waals surface area contributed by atoms with Crippen molar-refractivity contribution >= 4 is 33.9 Å². The molecule has 2 aromatic rings. The van der Waals surface area contributed by atoms with Crippen molar-refractivity contribution in [3.63, 3.8) is 0 Å². The first-order valence-electron chi connectivity index (χ1n) is 5.83. The van der Waals surface area contributed by atoms with Crippen LogP contribution < -0.4 is 5.32 Å². The Balaban J connectivity index is 1.74. The lowest BCUT2D eigenvalue weighted by Gasteiger charge is -1.98. The molecule has 3 rings (SSSR count). The third-order valence-corrected chi connectivity index (χ3v) is 4.60. The highest BCUT2D eigenvalue weighted by Crippen LogP contribution is 2.49. The van der Waals surface area contributed by atoms with Gasteiger partial charge in [0.1, 0.15) is 5.92 Å². The number of nitrogens with zero attached hydrogens (tertiary/aromatic N) is 3. The fraction of sp³-hybridized carbons (Fsp3) is 0.455. The van der Waals surface area contributed by atoms with Crippen LogP contribution in [0.1, 0.15) is 17.1 Å². The van der Waals surface area contributed by atoms with Gasteiger partial charge in [-0.25, -0.2) is 13.8 Å². The van der Waals surface area contributed by atoms with Crippen LogP contribution in [0.4, 0.5) is 13.9 Å². The first-order valence-corrected chi connectivity index (χ1v) is 7.42. The summed E-state index contributed by atoms with van der Waals surface area (Å²) in [5.41, 5.74) is 0.817. The zero-order valence-corrected chi connectivity index (χ0v) is 12.2. The van der Waals surface area contributed by atoms with E-state index in [9.17, 15) is 13.6 Å². The third kappa shape index (κ3) is 2.42. The van der Waals surface area contributed by atoms with Crippen molar-refractivity contribution in [2.75, 3.05) is 5.32 Å². The summed E-state index contributed by atoms with van der Waals surface area (Å²) in [6, 6.07) is 0. The molecule has 1 amide bonds. The molecule has 1 saturated carbocycles. The van der Waals surface area contributed by atoms with E-state index in [0.717, 1.165) is 27.1 Å². The van der Waals surface area contributed by atoms with Gasteiger partial charge in [0, 0.05) is 18.0 Å². The Labute approximate surface area is 121 Å². The maximum Gasteiger partial charge on any atom is 0.260 e. The summed E-state index contributed by atoms with van der Waals surface area (Å²) in [4.78, 5) is 20.8. The van der Waals surface area contributed by atoms with Crippen LogP contribution in [0.5, 0.6) is 0 Å². The van der Waals surface area contributed by atoms with Gasteiger partial charge in [0.25, 0.3) is 5.92 Å². The van der Waals surface area contributed by atoms with Gasteiger partial charge in [-0.05, 0) is 13.8 Å². The molecule has 106 valence electrons. The van der Waals surface area contributed by atoms with E-state index in [4.69, 9.17) is 0 Å². The predicted octanol–water partition coefficient (Wildman–Crippen LogP) is 2.87. The number of anilines is 1. The number of hydrogen-bond donors (Lipinski definition) is 1. The largest absolute Gasteiger partial charge is 0.300 e. The first-order chi connectivity index (χ1) is 9.37. The second-order valence-electron chi connectivity index (χ2n) is 4.58. The molecule has 1 fully saturated rings. The van der Waals surface area contributed by atoms with Crippen LogP contribution >= 0.6 is 22.9 Å². The Morgan fingerprint density at radius 1 is 1.40 bits per heavy atom. The monoisotopic (exact) mass is 316 g/mol. The summed E-state index contributed by atoms with van der Waals surface area (Å²) in [6.45, 7) is 3.73. The van der Waals surface area contributed by atoms with Crippen LogP contribution in [0.15, 0.2) is 0 Å². The lowest BCUT2D eigenvalue weighted by molar-refractivity contribution is -0.119. The van der Waals surface area contributed by atoms with Crippen LogP contribution in [0.25, 0.3) is 10.7 Å². The van der Waals surface area contributed by atoms with Crippen molar-refractivity contribution in [1.82, 2.24) is 14.3 Å². The molecule has 1 aliphatic rings. The van der Waals surface area contributed by atoms with Crippen molar-refractivity contribution in [2.45, 2.75) is 26.2 Å². The normalized spacial score (nSPS) is 19.9. The molecule has 2 aromatic heterocycles. The Hall–Kier alpha value is -1.48. The molecule has 0 saturated heterocycles. The van der Waals surface area contributed by atoms with Crippen LogP contribution in [0.3, 0.4) is 0 Å². The molecule has 0 bridgehead atoms. The van der Waals surface area contributed by atoms with Gasteiger partial charge in [-0.1, -0.05) is 0 Å². The van der Waals surface area contributed by atoms with Crippen LogP contribution in [-0.2, 0) is 4.79 Å². The second-order valence-corrected chi connectivity index (χ2v) is 6.53. The quantitative estimate of drug-likeness (QED) is 0.945. The topological polar surface area (TPSA) is 67.8 Å². The molecule has 5 nitrogen and oxygen atoms in total. The average molecular weight is 316 g/mol. The van der Waals surface area contributed by atoms with E-state index in [1.807, 2.05) is 13.8 Å². The minimum Gasteiger partial charge on any atom is -0.300 e. The van der Waals surface area contributed by atoms with Gasteiger partial charge in [0.15, 0.2) is 5.82 Å². The van der Waals surface area contributed by atoms with Crippen molar-refractivity contribution in [3.8, 4) is 10.7 Å². The number of rotatable bonds is 3. The molecule has 1 unspecified atom stereocenters. The number of aromatic nitrogens is 3. The summed E-state index contributed by atoms with van der Waals surface area (Å²) in [7, 11) is 0. The highest BCUT2D eigenvalue weighted by molar-refractivity contribution is 7.15. The highest BCUT2D eigenvalue weighted by atomic mass is 32.1. The average Bonchev–Trinajstić information content (AvgIpc) is 2.72. The Morgan fingerprint density at radius 3 is 2.65 bits per heavy atom. The Morgan fingerprint density at radius 2 is 2.10 bits per heavy atom. The molecule has 0 spiro atoms. The number of nitrogens with one attached hydrogen (secondary N) is 1. The molecule has 0 radical (unpaired) electrons. The maximum absolute atomic E-state index is 12.8. The van der Waals surface area contributed by atoms with Gasteiger partial charge < -0.3 is 5.32 Å². The summed E-state index contributed by atoms with van der Waals surface area (Å²) in [5.74, 6) is -4.34. The standard InChI is InChI=1S/C11H10F2N4OS2/c1-4-7(19-5(2)14-4)8-15-10(20-17-8)16-9(18)6-3-11(6,12)13/h6H,3H2,1-2H3,(H,15,16,17,18). The van der Waals surface area contributed by atoms with E-state index in [1.165, 1.54) is 11.3 Å². The third-order valence-electron chi connectivity index (χ3n) is 2.91. The summed E-state index contributed by atoms with van der Waals surface area (Å²) < 4.78 is 29.7. The number of aryl methyl sites for hydroxylation is 2. The Kier molecular flexibility index (Phi) is 3.05. The molecule has 1 N–H and O–H groups in total. The number of carbonyl (C=O) groups excluding carboxylic acids is 1.